The highest BCUT2D eigenvalue weighted by Gasteiger charge is 2.38. The lowest BCUT2D eigenvalue weighted by molar-refractivity contribution is 0.129. The van der Waals surface area contributed by atoms with Crippen molar-refractivity contribution in [3.05, 3.63) is 59.4 Å². The van der Waals surface area contributed by atoms with Crippen LogP contribution >= 0.6 is 0 Å². The Morgan fingerprint density at radius 1 is 1.14 bits per heavy atom. The molecule has 4 aliphatic rings. The van der Waals surface area contributed by atoms with Gasteiger partial charge in [-0.3, -0.25) is 9.89 Å². The predicted octanol–water partition coefficient (Wildman–Crippen LogP) is 3.24. The molecular formula is C23H26N4O. The zero-order valence-electron chi connectivity index (χ0n) is 16.1. The zero-order chi connectivity index (χ0) is 18.9. The molecule has 0 radical (unpaired) electrons. The minimum Gasteiger partial charge on any atom is -0.489 e. The van der Waals surface area contributed by atoms with Gasteiger partial charge in [0, 0.05) is 32.1 Å². The van der Waals surface area contributed by atoms with Crippen LogP contribution in [0.1, 0.15) is 36.8 Å². The van der Waals surface area contributed by atoms with Crippen molar-refractivity contribution in [3.8, 4) is 6.07 Å². The first-order chi connectivity index (χ1) is 13.8. The van der Waals surface area contributed by atoms with Gasteiger partial charge in [0.15, 0.2) is 0 Å². The molecule has 5 rings (SSSR count). The van der Waals surface area contributed by atoms with Crippen LogP contribution in [0.5, 0.6) is 0 Å². The highest BCUT2D eigenvalue weighted by atomic mass is 16.5. The van der Waals surface area contributed by atoms with Crippen LogP contribution in [0.4, 0.5) is 0 Å². The second-order valence-electron chi connectivity index (χ2n) is 8.12. The average Bonchev–Trinajstić information content (AvgIpc) is 2.91. The zero-order valence-corrected chi connectivity index (χ0v) is 16.1. The van der Waals surface area contributed by atoms with E-state index in [0.29, 0.717) is 12.2 Å². The fraction of sp³-hybridized carbons (Fsp3) is 0.478. The van der Waals surface area contributed by atoms with Crippen LogP contribution in [-0.2, 0) is 11.3 Å². The third-order valence-corrected chi connectivity index (χ3v) is 6.46. The van der Waals surface area contributed by atoms with E-state index >= 15 is 0 Å². The number of amidine groups is 1. The molecule has 1 aromatic rings. The van der Waals surface area contributed by atoms with Crippen molar-refractivity contribution in [2.75, 3.05) is 19.6 Å². The van der Waals surface area contributed by atoms with Crippen molar-refractivity contribution < 1.29 is 4.74 Å². The number of fused-ring (bicyclic) bond motifs is 3. The van der Waals surface area contributed by atoms with E-state index in [2.05, 4.69) is 34.1 Å². The van der Waals surface area contributed by atoms with Gasteiger partial charge in [0.25, 0.3) is 0 Å². The quantitative estimate of drug-likeness (QED) is 0.812. The molecule has 0 amide bonds. The fourth-order valence-corrected chi connectivity index (χ4v) is 4.58. The molecule has 2 fully saturated rings. The summed E-state index contributed by atoms with van der Waals surface area (Å²) >= 11 is 0. The molecule has 1 aromatic carbocycles. The molecule has 0 bridgehead atoms. The van der Waals surface area contributed by atoms with E-state index in [-0.39, 0.29) is 12.1 Å². The Bertz CT molecular complexity index is 860. The molecule has 2 unspecified atom stereocenters. The molecule has 1 saturated carbocycles. The Morgan fingerprint density at radius 2 is 2.00 bits per heavy atom. The van der Waals surface area contributed by atoms with Crippen LogP contribution in [0.3, 0.4) is 0 Å². The summed E-state index contributed by atoms with van der Waals surface area (Å²) in [6.07, 6.45) is 11.7. The van der Waals surface area contributed by atoms with Crippen molar-refractivity contribution in [1.29, 1.82) is 5.26 Å². The van der Waals surface area contributed by atoms with E-state index in [9.17, 15) is 0 Å². The Morgan fingerprint density at radius 3 is 2.75 bits per heavy atom. The summed E-state index contributed by atoms with van der Waals surface area (Å²) in [5, 5.41) is 8.91. The van der Waals surface area contributed by atoms with Gasteiger partial charge < -0.3 is 9.64 Å². The van der Waals surface area contributed by atoms with Crippen molar-refractivity contribution in [2.24, 2.45) is 4.99 Å². The molecule has 2 aliphatic heterocycles. The van der Waals surface area contributed by atoms with Gasteiger partial charge in [0.1, 0.15) is 18.2 Å². The summed E-state index contributed by atoms with van der Waals surface area (Å²) in [6, 6.07) is 11.1. The van der Waals surface area contributed by atoms with E-state index in [1.807, 2.05) is 24.3 Å². The van der Waals surface area contributed by atoms with Gasteiger partial charge in [-0.15, -0.1) is 0 Å². The van der Waals surface area contributed by atoms with E-state index in [4.69, 9.17) is 15.0 Å². The standard InChI is InChI=1S/C23H26N4O/c24-15-17-4-6-18(7-5-17)16-28-20-8-9-21-22(14-20)27-13-12-26(19-2-1-3-19)11-10-23(27)25-21/h4-9,14,19,21-22H,1-3,10-13,16H2. The molecule has 2 aliphatic carbocycles. The van der Waals surface area contributed by atoms with Crippen molar-refractivity contribution in [2.45, 2.75) is 50.4 Å². The Kier molecular flexibility index (Phi) is 4.66. The third kappa shape index (κ3) is 3.33. The van der Waals surface area contributed by atoms with Crippen LogP contribution < -0.4 is 0 Å². The fourth-order valence-electron chi connectivity index (χ4n) is 4.58. The number of hydrogen-bond donors (Lipinski definition) is 0. The largest absolute Gasteiger partial charge is 0.489 e. The van der Waals surface area contributed by atoms with Crippen LogP contribution in [0.15, 0.2) is 53.2 Å². The van der Waals surface area contributed by atoms with Gasteiger partial charge in [-0.1, -0.05) is 24.6 Å². The van der Waals surface area contributed by atoms with Gasteiger partial charge in [-0.2, -0.15) is 5.26 Å². The number of hydrogen-bond acceptors (Lipinski definition) is 5. The van der Waals surface area contributed by atoms with Crippen LogP contribution in [0.2, 0.25) is 0 Å². The summed E-state index contributed by atoms with van der Waals surface area (Å²) in [7, 11) is 0. The predicted molar refractivity (Wildman–Crippen MR) is 109 cm³/mol. The lowest BCUT2D eigenvalue weighted by Gasteiger charge is -2.37. The van der Waals surface area contributed by atoms with Gasteiger partial charge in [-0.25, -0.2) is 0 Å². The van der Waals surface area contributed by atoms with Crippen LogP contribution in [-0.4, -0.2) is 53.4 Å². The summed E-state index contributed by atoms with van der Waals surface area (Å²) in [4.78, 5) is 10.2. The highest BCUT2D eigenvalue weighted by molar-refractivity contribution is 5.86. The Labute approximate surface area is 166 Å². The lowest BCUT2D eigenvalue weighted by Crippen LogP contribution is -2.44. The third-order valence-electron chi connectivity index (χ3n) is 6.46. The minimum atomic E-state index is 0.229. The van der Waals surface area contributed by atoms with Gasteiger partial charge in [0.05, 0.1) is 23.7 Å². The first kappa shape index (κ1) is 17.5. The van der Waals surface area contributed by atoms with E-state index in [1.165, 1.54) is 25.1 Å². The topological polar surface area (TPSA) is 51.9 Å². The minimum absolute atomic E-state index is 0.229. The van der Waals surface area contributed by atoms with Crippen LogP contribution in [0, 0.1) is 11.3 Å². The highest BCUT2D eigenvalue weighted by Crippen LogP contribution is 2.31. The summed E-state index contributed by atoms with van der Waals surface area (Å²) in [5.74, 6) is 2.19. The maximum atomic E-state index is 8.91. The van der Waals surface area contributed by atoms with E-state index < -0.39 is 0 Å². The molecule has 144 valence electrons. The Hall–Kier alpha value is -2.58. The van der Waals surface area contributed by atoms with E-state index in [1.54, 1.807) is 0 Å². The number of ether oxygens (including phenoxy) is 1. The van der Waals surface area contributed by atoms with Gasteiger partial charge in [0.2, 0.25) is 0 Å². The first-order valence-electron chi connectivity index (χ1n) is 10.4. The molecule has 0 N–H and O–H groups in total. The number of rotatable bonds is 4. The summed E-state index contributed by atoms with van der Waals surface area (Å²) in [6.45, 7) is 3.87. The average molecular weight is 374 g/mol. The molecule has 0 aromatic heterocycles. The van der Waals surface area contributed by atoms with Crippen molar-refractivity contribution in [3.63, 3.8) is 0 Å². The molecule has 2 heterocycles. The number of allylic oxidation sites excluding steroid dienone is 1. The molecule has 28 heavy (non-hydrogen) atoms. The second-order valence-corrected chi connectivity index (χ2v) is 8.12. The molecule has 2 atom stereocenters. The number of nitrogens with zero attached hydrogens (tertiary/aromatic N) is 4. The lowest BCUT2D eigenvalue weighted by atomic mass is 9.91. The van der Waals surface area contributed by atoms with Crippen LogP contribution in [0.25, 0.3) is 0 Å². The normalized spacial score (nSPS) is 27.0. The van der Waals surface area contributed by atoms with E-state index in [0.717, 1.165) is 43.4 Å². The maximum absolute atomic E-state index is 8.91. The Balaban J connectivity index is 1.23. The molecular weight excluding hydrogens is 348 g/mol. The van der Waals surface area contributed by atoms with Crippen molar-refractivity contribution >= 4 is 5.84 Å². The number of aliphatic imine (C=N–C) groups is 1. The summed E-state index contributed by atoms with van der Waals surface area (Å²) in [5.41, 5.74) is 1.75. The smallest absolute Gasteiger partial charge is 0.117 e. The number of nitriles is 1. The molecule has 1 saturated heterocycles. The second kappa shape index (κ2) is 7.44. The van der Waals surface area contributed by atoms with Gasteiger partial charge >= 0.3 is 0 Å². The first-order valence-corrected chi connectivity index (χ1v) is 10.4. The maximum Gasteiger partial charge on any atom is 0.117 e. The molecule has 0 spiro atoms. The molecule has 5 nitrogen and oxygen atoms in total. The van der Waals surface area contributed by atoms with Gasteiger partial charge in [-0.05, 0) is 42.7 Å². The summed E-state index contributed by atoms with van der Waals surface area (Å²) < 4.78 is 6.05. The monoisotopic (exact) mass is 374 g/mol. The molecule has 5 heteroatoms. The van der Waals surface area contributed by atoms with Crippen molar-refractivity contribution in [1.82, 2.24) is 9.80 Å². The SMILES string of the molecule is N#Cc1ccc(COC2=CC3C(C=C2)N=C2CCN(C4CCC4)CCN23)cc1. The number of benzene rings is 1.